The molecule has 1 N–H and O–H groups in total. The molecule has 112 valence electrons. The average molecular weight is 274 g/mol. The van der Waals surface area contributed by atoms with Crippen LogP contribution in [0.4, 0.5) is 0 Å². The topological polar surface area (TPSA) is 15.3 Å². The zero-order valence-corrected chi connectivity index (χ0v) is 13.6. The Hall–Kier alpha value is -0.860. The van der Waals surface area contributed by atoms with Gasteiger partial charge in [0.25, 0.3) is 0 Å². The van der Waals surface area contributed by atoms with E-state index in [-0.39, 0.29) is 0 Å². The highest BCUT2D eigenvalue weighted by Crippen LogP contribution is 2.29. The van der Waals surface area contributed by atoms with Crippen molar-refractivity contribution < 1.29 is 0 Å². The Balaban J connectivity index is 2.19. The van der Waals surface area contributed by atoms with Gasteiger partial charge in [0.05, 0.1) is 0 Å². The summed E-state index contributed by atoms with van der Waals surface area (Å²) >= 11 is 0. The number of aryl methyl sites for hydroxylation is 2. The van der Waals surface area contributed by atoms with Crippen molar-refractivity contribution in [3.05, 3.63) is 34.9 Å². The molecule has 2 heteroatoms. The minimum atomic E-state index is 0.595. The molecule has 0 aromatic heterocycles. The summed E-state index contributed by atoms with van der Waals surface area (Å²) in [6.45, 7) is 13.7. The average Bonchev–Trinajstić information content (AvgIpc) is 2.38. The second-order valence-corrected chi connectivity index (χ2v) is 6.69. The van der Waals surface area contributed by atoms with Crippen molar-refractivity contribution >= 4 is 0 Å². The molecule has 20 heavy (non-hydrogen) atoms. The molecule has 1 saturated heterocycles. The van der Waals surface area contributed by atoms with Crippen LogP contribution in [-0.4, -0.2) is 31.1 Å². The molecule has 2 rings (SSSR count). The van der Waals surface area contributed by atoms with Gasteiger partial charge < -0.3 is 5.32 Å². The van der Waals surface area contributed by atoms with Gasteiger partial charge >= 0.3 is 0 Å². The fourth-order valence-electron chi connectivity index (χ4n) is 3.25. The molecule has 0 amide bonds. The van der Waals surface area contributed by atoms with Crippen LogP contribution >= 0.6 is 0 Å². The van der Waals surface area contributed by atoms with Crippen molar-refractivity contribution in [1.29, 1.82) is 0 Å². The maximum Gasteiger partial charge on any atom is 0.0349 e. The highest BCUT2D eigenvalue weighted by Gasteiger charge is 2.22. The van der Waals surface area contributed by atoms with Gasteiger partial charge in [0.15, 0.2) is 0 Å². The Labute approximate surface area is 124 Å². The Bertz CT molecular complexity index is 399. The monoisotopic (exact) mass is 274 g/mol. The summed E-state index contributed by atoms with van der Waals surface area (Å²) in [7, 11) is 0. The molecule has 1 fully saturated rings. The summed E-state index contributed by atoms with van der Waals surface area (Å²) < 4.78 is 0. The molecular weight excluding hydrogens is 244 g/mol. The third-order valence-electron chi connectivity index (χ3n) is 4.24. The SMILES string of the molecule is Cc1cc(C)cc([C@H](CCC(C)C)N2CCNCC2)c1. The minimum absolute atomic E-state index is 0.595. The van der Waals surface area contributed by atoms with Crippen molar-refractivity contribution in [3.8, 4) is 0 Å². The van der Waals surface area contributed by atoms with Crippen LogP contribution in [0.15, 0.2) is 18.2 Å². The second kappa shape index (κ2) is 7.24. The summed E-state index contributed by atoms with van der Waals surface area (Å²) in [4.78, 5) is 2.67. The van der Waals surface area contributed by atoms with Crippen LogP contribution in [0.5, 0.6) is 0 Å². The molecule has 0 spiro atoms. The number of hydrogen-bond acceptors (Lipinski definition) is 2. The molecule has 1 heterocycles. The fraction of sp³-hybridized carbons (Fsp3) is 0.667. The smallest absolute Gasteiger partial charge is 0.0349 e. The van der Waals surface area contributed by atoms with E-state index in [2.05, 4.69) is 56.1 Å². The maximum absolute atomic E-state index is 3.47. The molecule has 1 aliphatic rings. The van der Waals surface area contributed by atoms with Crippen molar-refractivity contribution in [2.45, 2.75) is 46.6 Å². The first-order valence-corrected chi connectivity index (χ1v) is 8.09. The summed E-state index contributed by atoms with van der Waals surface area (Å²) in [5.74, 6) is 0.784. The van der Waals surface area contributed by atoms with E-state index in [4.69, 9.17) is 0 Å². The Morgan fingerprint density at radius 3 is 2.15 bits per heavy atom. The molecular formula is C18H30N2. The van der Waals surface area contributed by atoms with Crippen LogP contribution in [0.1, 0.15) is 49.4 Å². The standard InChI is InChI=1S/C18H30N2/c1-14(2)5-6-18(20-9-7-19-8-10-20)17-12-15(3)11-16(4)13-17/h11-14,18-19H,5-10H2,1-4H3/t18-/m0/s1. The van der Waals surface area contributed by atoms with Crippen LogP contribution in [-0.2, 0) is 0 Å². The highest BCUT2D eigenvalue weighted by atomic mass is 15.2. The second-order valence-electron chi connectivity index (χ2n) is 6.69. The van der Waals surface area contributed by atoms with Crippen LogP contribution in [0.2, 0.25) is 0 Å². The van der Waals surface area contributed by atoms with Gasteiger partial charge in [-0.2, -0.15) is 0 Å². The zero-order chi connectivity index (χ0) is 14.5. The number of nitrogens with one attached hydrogen (secondary N) is 1. The van der Waals surface area contributed by atoms with E-state index in [9.17, 15) is 0 Å². The van der Waals surface area contributed by atoms with Crippen molar-refractivity contribution in [2.75, 3.05) is 26.2 Å². The number of piperazine rings is 1. The third kappa shape index (κ3) is 4.32. The molecule has 0 unspecified atom stereocenters. The van der Waals surface area contributed by atoms with Gasteiger partial charge in [-0.1, -0.05) is 43.2 Å². The molecule has 0 saturated carbocycles. The van der Waals surface area contributed by atoms with E-state index < -0.39 is 0 Å². The Kier molecular flexibility index (Phi) is 5.62. The van der Waals surface area contributed by atoms with E-state index in [0.29, 0.717) is 6.04 Å². The number of nitrogens with zero attached hydrogens (tertiary/aromatic N) is 1. The normalized spacial score (nSPS) is 18.4. The maximum atomic E-state index is 3.47. The third-order valence-corrected chi connectivity index (χ3v) is 4.24. The molecule has 0 bridgehead atoms. The van der Waals surface area contributed by atoms with Crippen LogP contribution in [0.3, 0.4) is 0 Å². The van der Waals surface area contributed by atoms with Gasteiger partial charge in [-0.3, -0.25) is 4.90 Å². The molecule has 1 atom stereocenters. The van der Waals surface area contributed by atoms with Gasteiger partial charge in [-0.15, -0.1) is 0 Å². The predicted molar refractivity (Wildman–Crippen MR) is 87.2 cm³/mol. The highest BCUT2D eigenvalue weighted by molar-refractivity contribution is 5.30. The van der Waals surface area contributed by atoms with Crippen LogP contribution in [0.25, 0.3) is 0 Å². The van der Waals surface area contributed by atoms with Gasteiger partial charge in [0.1, 0.15) is 0 Å². The largest absolute Gasteiger partial charge is 0.314 e. The lowest BCUT2D eigenvalue weighted by molar-refractivity contribution is 0.159. The van der Waals surface area contributed by atoms with Crippen LogP contribution < -0.4 is 5.32 Å². The Morgan fingerprint density at radius 1 is 1.00 bits per heavy atom. The van der Waals surface area contributed by atoms with Gasteiger partial charge in [0.2, 0.25) is 0 Å². The van der Waals surface area contributed by atoms with E-state index in [1.54, 1.807) is 0 Å². The number of rotatable bonds is 5. The first kappa shape index (κ1) is 15.5. The van der Waals surface area contributed by atoms with Gasteiger partial charge in [-0.05, 0) is 38.2 Å². The summed E-state index contributed by atoms with van der Waals surface area (Å²) in [6.07, 6.45) is 2.59. The first-order chi connectivity index (χ1) is 9.56. The van der Waals surface area contributed by atoms with Gasteiger partial charge in [-0.25, -0.2) is 0 Å². The molecule has 1 aromatic rings. The Morgan fingerprint density at radius 2 is 1.60 bits per heavy atom. The van der Waals surface area contributed by atoms with Gasteiger partial charge in [0, 0.05) is 32.2 Å². The fourth-order valence-corrected chi connectivity index (χ4v) is 3.25. The lowest BCUT2D eigenvalue weighted by Gasteiger charge is -2.36. The minimum Gasteiger partial charge on any atom is -0.314 e. The molecule has 2 nitrogen and oxygen atoms in total. The van der Waals surface area contributed by atoms with Crippen molar-refractivity contribution in [1.82, 2.24) is 10.2 Å². The number of hydrogen-bond donors (Lipinski definition) is 1. The lowest BCUT2D eigenvalue weighted by Crippen LogP contribution is -2.45. The van der Waals surface area contributed by atoms with Crippen molar-refractivity contribution in [3.63, 3.8) is 0 Å². The van der Waals surface area contributed by atoms with E-state index in [1.807, 2.05) is 0 Å². The molecule has 1 aromatic carbocycles. The quantitative estimate of drug-likeness (QED) is 0.881. The molecule has 0 aliphatic carbocycles. The summed E-state index contributed by atoms with van der Waals surface area (Å²) in [6, 6.07) is 7.65. The molecule has 1 aliphatic heterocycles. The lowest BCUT2D eigenvalue weighted by atomic mass is 9.93. The van der Waals surface area contributed by atoms with Crippen molar-refractivity contribution in [2.24, 2.45) is 5.92 Å². The molecule has 0 radical (unpaired) electrons. The van der Waals surface area contributed by atoms with E-state index in [1.165, 1.54) is 42.6 Å². The summed E-state index contributed by atoms with van der Waals surface area (Å²) in [5.41, 5.74) is 4.31. The zero-order valence-electron chi connectivity index (χ0n) is 13.6. The number of benzene rings is 1. The van der Waals surface area contributed by atoms with E-state index >= 15 is 0 Å². The first-order valence-electron chi connectivity index (χ1n) is 8.09. The van der Waals surface area contributed by atoms with Crippen LogP contribution in [0, 0.1) is 19.8 Å². The predicted octanol–water partition coefficient (Wildman–Crippen LogP) is 3.69. The van der Waals surface area contributed by atoms with E-state index in [0.717, 1.165) is 19.0 Å². The summed E-state index contributed by atoms with van der Waals surface area (Å²) in [5, 5.41) is 3.47.